The predicted molar refractivity (Wildman–Crippen MR) is 161 cm³/mol. The minimum atomic E-state index is -2.63. The van der Waals surface area contributed by atoms with E-state index in [0.29, 0.717) is 66.6 Å². The third-order valence-corrected chi connectivity index (χ3v) is 8.40. The lowest BCUT2D eigenvalue weighted by atomic mass is 9.83. The van der Waals surface area contributed by atoms with Crippen molar-refractivity contribution in [3.63, 3.8) is 0 Å². The summed E-state index contributed by atoms with van der Waals surface area (Å²) in [5, 5.41) is 11.0. The van der Waals surface area contributed by atoms with Crippen LogP contribution in [0.4, 0.5) is 16.0 Å². The second kappa shape index (κ2) is 11.7. The molecule has 2 N–H and O–H groups in total. The average molecular weight is 587 g/mol. The molecule has 41 heavy (non-hydrogen) atoms. The van der Waals surface area contributed by atoms with Gasteiger partial charge in [0, 0.05) is 52.7 Å². The third kappa shape index (κ3) is 6.88. The number of anilines is 2. The highest BCUT2D eigenvalue weighted by molar-refractivity contribution is 8.00. The number of ether oxygens (including phenoxy) is 2. The second-order valence-electron chi connectivity index (χ2n) is 11.5. The van der Waals surface area contributed by atoms with Crippen molar-refractivity contribution in [2.45, 2.75) is 38.8 Å². The van der Waals surface area contributed by atoms with Gasteiger partial charge in [-0.1, -0.05) is 0 Å². The van der Waals surface area contributed by atoms with Gasteiger partial charge < -0.3 is 24.2 Å². The lowest BCUT2D eigenvalue weighted by Gasteiger charge is -2.37. The molecule has 0 amide bonds. The van der Waals surface area contributed by atoms with Crippen LogP contribution in [-0.4, -0.2) is 93.4 Å². The van der Waals surface area contributed by atoms with Crippen molar-refractivity contribution in [3.05, 3.63) is 35.8 Å². The van der Waals surface area contributed by atoms with Crippen molar-refractivity contribution in [1.29, 1.82) is 0 Å². The number of benzene rings is 1. The summed E-state index contributed by atoms with van der Waals surface area (Å²) in [5.41, 5.74) is 2.24. The Morgan fingerprint density at radius 2 is 1.90 bits per heavy atom. The normalized spacial score (nSPS) is 18.8. The quantitative estimate of drug-likeness (QED) is 0.384. The summed E-state index contributed by atoms with van der Waals surface area (Å²) < 4.78 is 41.5. The van der Waals surface area contributed by atoms with Crippen molar-refractivity contribution in [1.82, 2.24) is 19.9 Å². The van der Waals surface area contributed by atoms with E-state index in [9.17, 15) is 9.32 Å². The Hall–Kier alpha value is -3.06. The minimum Gasteiger partial charge on any atom is -0.480 e. The summed E-state index contributed by atoms with van der Waals surface area (Å²) >= 11 is 0. The first-order valence-electron chi connectivity index (χ1n) is 13.8. The van der Waals surface area contributed by atoms with Gasteiger partial charge in [0.05, 0.1) is 37.1 Å². The Morgan fingerprint density at radius 1 is 1.20 bits per heavy atom. The molecule has 0 spiro atoms. The van der Waals surface area contributed by atoms with Crippen LogP contribution >= 0.6 is 0 Å². The van der Waals surface area contributed by atoms with Gasteiger partial charge >= 0.3 is 0 Å². The Balaban J connectivity index is 1.61. The number of likely N-dealkylation sites (tertiary alicyclic amines) is 1. The number of pyridine rings is 1. The molecule has 0 aliphatic carbocycles. The molecule has 2 aliphatic heterocycles. The van der Waals surface area contributed by atoms with E-state index in [0.717, 1.165) is 31.5 Å². The number of halogens is 1. The van der Waals surface area contributed by atoms with Gasteiger partial charge in [0.1, 0.15) is 11.5 Å². The van der Waals surface area contributed by atoms with Crippen LogP contribution in [0, 0.1) is 11.7 Å². The zero-order valence-corrected chi connectivity index (χ0v) is 25.0. The van der Waals surface area contributed by atoms with Crippen LogP contribution in [0.5, 0.6) is 5.88 Å². The van der Waals surface area contributed by atoms with E-state index in [-0.39, 0.29) is 17.6 Å². The summed E-state index contributed by atoms with van der Waals surface area (Å²) in [6.07, 6.45) is 4.84. The smallest absolute Gasteiger partial charge is 0.238 e. The zero-order chi connectivity index (χ0) is 29.4. The number of piperidine rings is 1. The number of morpholine rings is 1. The van der Waals surface area contributed by atoms with Crippen LogP contribution in [0.3, 0.4) is 0 Å². The van der Waals surface area contributed by atoms with E-state index in [2.05, 4.69) is 25.4 Å². The standard InChI is InChI=1S/C29H39FN6O4S/c1-29(2,37)21-6-8-35(9-7-21)18-20-14-22(30)16-23-25(32-28(33-26(20)23)36-10-12-40-13-11-36)19-15-24(34-41(4,5)38)27(39-3)31-17-19/h14-17,21,37H,4,6-13,18H2,1-3,5H3,(H,34,38). The lowest BCUT2D eigenvalue weighted by Crippen LogP contribution is -2.41. The van der Waals surface area contributed by atoms with Gasteiger partial charge in [0.25, 0.3) is 0 Å². The number of hydrogen-bond acceptors (Lipinski definition) is 9. The number of nitrogens with zero attached hydrogens (tertiary/aromatic N) is 5. The molecule has 1 aromatic carbocycles. The molecule has 0 radical (unpaired) electrons. The molecule has 2 aliphatic rings. The third-order valence-electron chi connectivity index (χ3n) is 7.75. The van der Waals surface area contributed by atoms with Gasteiger partial charge in [-0.05, 0) is 75.3 Å². The van der Waals surface area contributed by atoms with Gasteiger partial charge in [0.15, 0.2) is 0 Å². The number of fused-ring (bicyclic) bond motifs is 1. The van der Waals surface area contributed by atoms with E-state index >= 15 is 4.39 Å². The first-order valence-corrected chi connectivity index (χ1v) is 16.0. The molecule has 0 bridgehead atoms. The van der Waals surface area contributed by atoms with Crippen LogP contribution in [0.25, 0.3) is 22.2 Å². The van der Waals surface area contributed by atoms with Gasteiger partial charge in [0.2, 0.25) is 11.8 Å². The molecule has 222 valence electrons. The Morgan fingerprint density at radius 3 is 2.54 bits per heavy atom. The summed E-state index contributed by atoms with van der Waals surface area (Å²) in [7, 11) is -1.14. The molecule has 4 heterocycles. The molecule has 1 atom stereocenters. The predicted octanol–water partition coefficient (Wildman–Crippen LogP) is 3.33. The summed E-state index contributed by atoms with van der Waals surface area (Å²) in [6, 6.07) is 4.76. The van der Waals surface area contributed by atoms with E-state index in [1.54, 1.807) is 18.3 Å². The van der Waals surface area contributed by atoms with Crippen LogP contribution in [0.15, 0.2) is 24.4 Å². The number of methoxy groups -OCH3 is 1. The molecule has 10 nitrogen and oxygen atoms in total. The first-order chi connectivity index (χ1) is 19.4. The number of aliphatic hydroxyl groups is 1. The van der Waals surface area contributed by atoms with Gasteiger partial charge in [-0.15, -0.1) is 0 Å². The van der Waals surface area contributed by atoms with Crippen LogP contribution in [0.2, 0.25) is 0 Å². The Kier molecular flexibility index (Phi) is 8.38. The minimum absolute atomic E-state index is 0.228. The topological polar surface area (TPSA) is 113 Å². The molecule has 12 heteroatoms. The summed E-state index contributed by atoms with van der Waals surface area (Å²) in [5.74, 6) is 4.33. The van der Waals surface area contributed by atoms with Crippen LogP contribution in [0.1, 0.15) is 32.3 Å². The number of aromatic nitrogens is 3. The molecule has 3 aromatic rings. The van der Waals surface area contributed by atoms with Gasteiger partial charge in [-0.2, -0.15) is 0 Å². The second-order valence-corrected chi connectivity index (χ2v) is 13.7. The summed E-state index contributed by atoms with van der Waals surface area (Å²) in [4.78, 5) is 18.7. The molecule has 2 fully saturated rings. The molecule has 5 rings (SSSR count). The maximum atomic E-state index is 15.2. The van der Waals surface area contributed by atoms with Crippen LogP contribution in [-0.2, 0) is 21.0 Å². The number of hydrogen-bond donors (Lipinski definition) is 2. The molecule has 2 aromatic heterocycles. The van der Waals surface area contributed by atoms with Crippen molar-refractivity contribution in [2.24, 2.45) is 5.92 Å². The highest BCUT2D eigenvalue weighted by atomic mass is 32.2. The van der Waals surface area contributed by atoms with Gasteiger partial charge in [-0.25, -0.2) is 23.6 Å². The molecule has 1 unspecified atom stereocenters. The maximum Gasteiger partial charge on any atom is 0.238 e. The molecule has 0 saturated carbocycles. The molecular weight excluding hydrogens is 547 g/mol. The van der Waals surface area contributed by atoms with Crippen molar-refractivity contribution >= 4 is 38.1 Å². The zero-order valence-electron chi connectivity index (χ0n) is 24.2. The largest absolute Gasteiger partial charge is 0.480 e. The fourth-order valence-corrected chi connectivity index (χ4v) is 6.20. The van der Waals surface area contributed by atoms with E-state index < -0.39 is 15.3 Å². The van der Waals surface area contributed by atoms with Gasteiger partial charge in [-0.3, -0.25) is 4.90 Å². The molecular formula is C29H39FN6O4S. The SMILES string of the molecule is C=S(C)(=O)Nc1cc(-c2nc(N3CCOCC3)nc3c(CN4CCC(C(C)(C)O)CC4)cc(F)cc23)cnc1OC. The highest BCUT2D eigenvalue weighted by Gasteiger charge is 2.31. The number of rotatable bonds is 8. The van der Waals surface area contributed by atoms with E-state index in [1.165, 1.54) is 19.4 Å². The maximum absolute atomic E-state index is 15.2. The van der Waals surface area contributed by atoms with Crippen LogP contribution < -0.4 is 14.4 Å². The van der Waals surface area contributed by atoms with Crippen molar-refractivity contribution in [3.8, 4) is 17.1 Å². The fourth-order valence-electron chi connectivity index (χ4n) is 5.59. The van der Waals surface area contributed by atoms with Crippen molar-refractivity contribution in [2.75, 3.05) is 62.4 Å². The highest BCUT2D eigenvalue weighted by Crippen LogP contribution is 2.35. The molecule has 2 saturated heterocycles. The average Bonchev–Trinajstić information content (AvgIpc) is 2.92. The first kappa shape index (κ1) is 29.4. The van der Waals surface area contributed by atoms with Crippen molar-refractivity contribution < 1.29 is 23.2 Å². The van der Waals surface area contributed by atoms with E-state index in [1.807, 2.05) is 13.8 Å². The fraction of sp³-hybridized carbons (Fsp3) is 0.517. The summed E-state index contributed by atoms with van der Waals surface area (Å²) in [6.45, 7) is 8.27. The Labute approximate surface area is 241 Å². The lowest BCUT2D eigenvalue weighted by molar-refractivity contribution is -0.0135. The van der Waals surface area contributed by atoms with E-state index in [4.69, 9.17) is 19.4 Å². The Bertz CT molecular complexity index is 1510. The number of nitrogens with one attached hydrogen (secondary N) is 1. The monoisotopic (exact) mass is 586 g/mol.